The number of carbonyl (C=O) groups is 2. The molecule has 4 atom stereocenters. The van der Waals surface area contributed by atoms with Crippen LogP contribution in [0.1, 0.15) is 20.3 Å². The molecule has 2 amide bonds. The fourth-order valence-electron chi connectivity index (χ4n) is 5.36. The fraction of sp³-hybridized carbons (Fsp3) is 0.545. The summed E-state index contributed by atoms with van der Waals surface area (Å²) < 4.78 is 0. The average Bonchev–Trinajstić information content (AvgIpc) is 3.33. The molecule has 1 aromatic rings. The SMILES string of the molecule is CN(C)CC(C)(C)CNc1ccc(N2C(=O)[C@@H]3[C@@H](C2=O)[C@H]2C=C[C@H]3C2)cc1[N+](=O)[O-]. The number of anilines is 2. The number of fused-ring (bicyclic) bond motifs is 5. The summed E-state index contributed by atoms with van der Waals surface area (Å²) in [6.45, 7) is 5.54. The highest BCUT2D eigenvalue weighted by Gasteiger charge is 2.59. The molecule has 2 aliphatic carbocycles. The number of nitro groups is 1. The number of nitrogens with zero attached hydrogens (tertiary/aromatic N) is 3. The zero-order chi connectivity index (χ0) is 21.8. The smallest absolute Gasteiger partial charge is 0.294 e. The summed E-state index contributed by atoms with van der Waals surface area (Å²) in [7, 11) is 3.97. The predicted octanol–water partition coefficient (Wildman–Crippen LogP) is 2.91. The molecular formula is C22H28N4O4. The van der Waals surface area contributed by atoms with Crippen LogP contribution in [0.3, 0.4) is 0 Å². The Balaban J connectivity index is 1.58. The lowest BCUT2D eigenvalue weighted by atomic mass is 9.85. The Labute approximate surface area is 176 Å². The molecule has 0 aromatic heterocycles. The Kier molecular flexibility index (Phi) is 4.92. The molecule has 1 N–H and O–H groups in total. The molecule has 1 heterocycles. The van der Waals surface area contributed by atoms with Gasteiger partial charge >= 0.3 is 0 Å². The van der Waals surface area contributed by atoms with Gasteiger partial charge in [0.2, 0.25) is 11.8 Å². The van der Waals surface area contributed by atoms with Gasteiger partial charge < -0.3 is 10.2 Å². The van der Waals surface area contributed by atoms with E-state index in [0.29, 0.717) is 12.2 Å². The maximum atomic E-state index is 13.0. The molecule has 1 aliphatic heterocycles. The number of hydrogen-bond donors (Lipinski definition) is 1. The average molecular weight is 412 g/mol. The molecule has 8 heteroatoms. The number of carbonyl (C=O) groups excluding carboxylic acids is 2. The highest BCUT2D eigenvalue weighted by molar-refractivity contribution is 6.23. The van der Waals surface area contributed by atoms with Gasteiger partial charge in [-0.05, 0) is 49.9 Å². The van der Waals surface area contributed by atoms with E-state index in [-0.39, 0.29) is 52.3 Å². The summed E-state index contributed by atoms with van der Waals surface area (Å²) >= 11 is 0. The van der Waals surface area contributed by atoms with E-state index in [9.17, 15) is 19.7 Å². The van der Waals surface area contributed by atoms with Crippen molar-refractivity contribution in [3.05, 3.63) is 40.5 Å². The zero-order valence-corrected chi connectivity index (χ0v) is 17.8. The molecule has 30 heavy (non-hydrogen) atoms. The van der Waals surface area contributed by atoms with Gasteiger partial charge in [0.05, 0.1) is 22.4 Å². The van der Waals surface area contributed by atoms with Crippen molar-refractivity contribution in [2.45, 2.75) is 20.3 Å². The number of nitro benzene ring substituents is 1. The van der Waals surface area contributed by atoms with Crippen LogP contribution >= 0.6 is 0 Å². The number of nitrogens with one attached hydrogen (secondary N) is 1. The molecule has 1 aromatic carbocycles. The van der Waals surface area contributed by atoms with E-state index in [2.05, 4.69) is 24.1 Å². The third-order valence-corrected chi connectivity index (χ3v) is 6.41. The highest BCUT2D eigenvalue weighted by Crippen LogP contribution is 2.53. The third kappa shape index (κ3) is 3.39. The number of hydrogen-bond acceptors (Lipinski definition) is 6. The summed E-state index contributed by atoms with van der Waals surface area (Å²) in [5.74, 6) is -0.895. The van der Waals surface area contributed by atoms with Gasteiger partial charge in [0.25, 0.3) is 5.69 Å². The van der Waals surface area contributed by atoms with Crippen LogP contribution < -0.4 is 10.2 Å². The quantitative estimate of drug-likeness (QED) is 0.320. The van der Waals surface area contributed by atoms with Crippen LogP contribution in [0.25, 0.3) is 0 Å². The summed E-state index contributed by atoms with van der Waals surface area (Å²) in [6.07, 6.45) is 4.92. The highest BCUT2D eigenvalue weighted by atomic mass is 16.6. The van der Waals surface area contributed by atoms with Crippen LogP contribution in [0, 0.1) is 39.2 Å². The lowest BCUT2D eigenvalue weighted by molar-refractivity contribution is -0.383. The van der Waals surface area contributed by atoms with Crippen molar-refractivity contribution in [2.75, 3.05) is 37.4 Å². The Bertz CT molecular complexity index is 909. The van der Waals surface area contributed by atoms with E-state index in [1.165, 1.54) is 6.07 Å². The van der Waals surface area contributed by atoms with Crippen molar-refractivity contribution in [1.29, 1.82) is 0 Å². The van der Waals surface area contributed by atoms with E-state index in [1.54, 1.807) is 12.1 Å². The van der Waals surface area contributed by atoms with Gasteiger partial charge in [0.15, 0.2) is 0 Å². The Morgan fingerprint density at radius 1 is 1.17 bits per heavy atom. The van der Waals surface area contributed by atoms with Crippen LogP contribution in [0.4, 0.5) is 17.1 Å². The van der Waals surface area contributed by atoms with Gasteiger partial charge in [0.1, 0.15) is 5.69 Å². The molecule has 4 rings (SSSR count). The minimum Gasteiger partial charge on any atom is -0.379 e. The maximum Gasteiger partial charge on any atom is 0.294 e. The van der Waals surface area contributed by atoms with Crippen molar-refractivity contribution < 1.29 is 14.5 Å². The molecular weight excluding hydrogens is 384 g/mol. The lowest BCUT2D eigenvalue weighted by Gasteiger charge is -2.29. The van der Waals surface area contributed by atoms with Crippen molar-refractivity contribution in [3.8, 4) is 0 Å². The number of amides is 2. The summed E-state index contributed by atoms with van der Waals surface area (Å²) in [6, 6.07) is 4.56. The van der Waals surface area contributed by atoms with Crippen molar-refractivity contribution >= 4 is 28.9 Å². The molecule has 2 bridgehead atoms. The lowest BCUT2D eigenvalue weighted by Crippen LogP contribution is -2.34. The number of rotatable bonds is 7. The van der Waals surface area contributed by atoms with E-state index >= 15 is 0 Å². The molecule has 8 nitrogen and oxygen atoms in total. The topological polar surface area (TPSA) is 95.8 Å². The Morgan fingerprint density at radius 3 is 2.30 bits per heavy atom. The number of benzene rings is 1. The molecule has 2 fully saturated rings. The molecule has 0 spiro atoms. The molecule has 1 saturated heterocycles. The van der Waals surface area contributed by atoms with Crippen LogP contribution in [-0.4, -0.2) is 48.8 Å². The second-order valence-electron chi connectivity index (χ2n) is 9.73. The van der Waals surface area contributed by atoms with Gasteiger partial charge in [-0.1, -0.05) is 26.0 Å². The van der Waals surface area contributed by atoms with E-state index in [0.717, 1.165) is 17.9 Å². The van der Waals surface area contributed by atoms with Crippen molar-refractivity contribution in [3.63, 3.8) is 0 Å². The van der Waals surface area contributed by atoms with Gasteiger partial charge in [-0.3, -0.25) is 19.7 Å². The first-order chi connectivity index (χ1) is 14.1. The minimum atomic E-state index is -0.470. The van der Waals surface area contributed by atoms with Gasteiger partial charge in [-0.25, -0.2) is 4.90 Å². The van der Waals surface area contributed by atoms with Gasteiger partial charge in [0, 0.05) is 19.2 Å². The van der Waals surface area contributed by atoms with Crippen molar-refractivity contribution in [1.82, 2.24) is 4.90 Å². The fourth-order valence-corrected chi connectivity index (χ4v) is 5.36. The van der Waals surface area contributed by atoms with E-state index in [1.807, 2.05) is 26.2 Å². The monoisotopic (exact) mass is 412 g/mol. The molecule has 1 saturated carbocycles. The maximum absolute atomic E-state index is 13.0. The molecule has 0 radical (unpaired) electrons. The molecule has 0 unspecified atom stereocenters. The first kappa shape index (κ1) is 20.5. The van der Waals surface area contributed by atoms with Gasteiger partial charge in [-0.2, -0.15) is 0 Å². The molecule has 3 aliphatic rings. The van der Waals surface area contributed by atoms with E-state index < -0.39 is 4.92 Å². The normalized spacial score (nSPS) is 27.3. The second kappa shape index (κ2) is 7.19. The third-order valence-electron chi connectivity index (χ3n) is 6.41. The predicted molar refractivity (Wildman–Crippen MR) is 114 cm³/mol. The first-order valence-corrected chi connectivity index (χ1v) is 10.3. The second-order valence-corrected chi connectivity index (χ2v) is 9.73. The van der Waals surface area contributed by atoms with Crippen molar-refractivity contribution in [2.24, 2.45) is 29.1 Å². The first-order valence-electron chi connectivity index (χ1n) is 10.3. The largest absolute Gasteiger partial charge is 0.379 e. The molecule has 160 valence electrons. The van der Waals surface area contributed by atoms with Crippen LogP contribution in [0.15, 0.2) is 30.4 Å². The van der Waals surface area contributed by atoms with Gasteiger partial charge in [-0.15, -0.1) is 0 Å². The number of imide groups is 1. The zero-order valence-electron chi connectivity index (χ0n) is 17.8. The van der Waals surface area contributed by atoms with E-state index in [4.69, 9.17) is 0 Å². The van der Waals surface area contributed by atoms with Crippen LogP contribution in [0.2, 0.25) is 0 Å². The summed E-state index contributed by atoms with van der Waals surface area (Å²) in [5.41, 5.74) is 0.438. The summed E-state index contributed by atoms with van der Waals surface area (Å²) in [4.78, 5) is 40.5. The Hall–Kier alpha value is -2.74. The minimum absolute atomic E-state index is 0.0966. The standard InChI is InChI=1S/C22H28N4O4/c1-22(2,12-24(3)4)11-23-16-8-7-15(10-17(16)26(29)30)25-20(27)18-13-5-6-14(9-13)19(18)21(25)28/h5-8,10,13-14,18-19,23H,9,11-12H2,1-4H3/t13-,14-,18-,19-/m0/s1. The Morgan fingerprint density at radius 2 is 1.77 bits per heavy atom. The van der Waals surface area contributed by atoms with Crippen LogP contribution in [0.5, 0.6) is 0 Å². The number of allylic oxidation sites excluding steroid dienone is 2. The summed E-state index contributed by atoms with van der Waals surface area (Å²) in [5, 5.41) is 14.9. The van der Waals surface area contributed by atoms with Crippen LogP contribution in [-0.2, 0) is 9.59 Å².